The van der Waals surface area contributed by atoms with Crippen LogP contribution in [-0.2, 0) is 22.6 Å². The molecule has 2 aromatic carbocycles. The van der Waals surface area contributed by atoms with Crippen LogP contribution in [0.3, 0.4) is 0 Å². The minimum atomic E-state index is -1.11. The van der Waals surface area contributed by atoms with Crippen molar-refractivity contribution >= 4 is 28.8 Å². The number of benzene rings is 2. The van der Waals surface area contributed by atoms with Crippen molar-refractivity contribution < 1.29 is 23.8 Å². The molecular formula is C24H28N4O6. The number of hydrogen-bond acceptors (Lipinski definition) is 8. The first-order chi connectivity index (χ1) is 16.2. The van der Waals surface area contributed by atoms with Gasteiger partial charge in [0.2, 0.25) is 5.91 Å². The predicted octanol–water partition coefficient (Wildman–Crippen LogP) is 1.79. The summed E-state index contributed by atoms with van der Waals surface area (Å²) in [4.78, 5) is 42.5. The lowest BCUT2D eigenvalue weighted by Crippen LogP contribution is -2.33. The van der Waals surface area contributed by atoms with E-state index in [-0.39, 0.29) is 36.8 Å². The zero-order valence-corrected chi connectivity index (χ0v) is 19.5. The molecule has 180 valence electrons. The molecule has 34 heavy (non-hydrogen) atoms. The van der Waals surface area contributed by atoms with Crippen LogP contribution < -0.4 is 21.0 Å². The lowest BCUT2D eigenvalue weighted by atomic mass is 10.0. The van der Waals surface area contributed by atoms with Gasteiger partial charge < -0.3 is 29.8 Å². The largest absolute Gasteiger partial charge is 0.497 e. The average Bonchev–Trinajstić information content (AvgIpc) is 2.78. The summed E-state index contributed by atoms with van der Waals surface area (Å²) in [6, 6.07) is 9.20. The summed E-state index contributed by atoms with van der Waals surface area (Å²) < 4.78 is 10.4. The molecule has 1 atom stereocenters. The van der Waals surface area contributed by atoms with E-state index in [9.17, 15) is 19.5 Å². The molecule has 0 bridgehead atoms. The fourth-order valence-corrected chi connectivity index (χ4v) is 3.50. The third-order valence-electron chi connectivity index (χ3n) is 5.30. The smallest absolute Gasteiger partial charge is 0.348 e. The topological polar surface area (TPSA) is 134 Å². The van der Waals surface area contributed by atoms with Crippen molar-refractivity contribution in [3.63, 3.8) is 0 Å². The highest BCUT2D eigenvalue weighted by Crippen LogP contribution is 2.20. The number of ether oxygens (including phenoxy) is 1. The zero-order chi connectivity index (χ0) is 24.8. The second-order valence-electron chi connectivity index (χ2n) is 8.15. The van der Waals surface area contributed by atoms with Crippen molar-refractivity contribution in [2.45, 2.75) is 25.9 Å². The number of nitrogens with one attached hydrogen (secondary N) is 2. The van der Waals surface area contributed by atoms with Gasteiger partial charge in [-0.05, 0) is 55.9 Å². The van der Waals surface area contributed by atoms with Gasteiger partial charge in [-0.15, -0.1) is 0 Å². The highest BCUT2D eigenvalue weighted by atomic mass is 16.5. The van der Waals surface area contributed by atoms with Gasteiger partial charge in [-0.1, -0.05) is 18.2 Å². The maximum Gasteiger partial charge on any atom is 0.348 e. The number of aromatic nitrogens is 1. The summed E-state index contributed by atoms with van der Waals surface area (Å²) >= 11 is 0. The fraction of sp³-hybridized carbons (Fsp3) is 0.333. The second-order valence-corrected chi connectivity index (χ2v) is 8.15. The van der Waals surface area contributed by atoms with Crippen LogP contribution in [0, 0.1) is 6.92 Å². The molecule has 3 N–H and O–H groups in total. The summed E-state index contributed by atoms with van der Waals surface area (Å²) in [7, 11) is 5.15. The molecule has 3 rings (SSSR count). The van der Waals surface area contributed by atoms with Crippen molar-refractivity contribution in [1.29, 1.82) is 0 Å². The van der Waals surface area contributed by atoms with E-state index in [2.05, 4.69) is 15.6 Å². The number of aryl methyl sites for hydroxylation is 1. The number of carboxylic acids is 1. The minimum Gasteiger partial charge on any atom is -0.497 e. The van der Waals surface area contributed by atoms with Gasteiger partial charge >= 0.3 is 11.6 Å². The van der Waals surface area contributed by atoms with Gasteiger partial charge in [0.25, 0.3) is 6.01 Å². The molecule has 0 aliphatic heterocycles. The van der Waals surface area contributed by atoms with Gasteiger partial charge in [0, 0.05) is 13.0 Å². The van der Waals surface area contributed by atoms with Crippen LogP contribution in [0.1, 0.15) is 16.7 Å². The first-order valence-electron chi connectivity index (χ1n) is 10.6. The van der Waals surface area contributed by atoms with Gasteiger partial charge in [0.15, 0.2) is 0 Å². The maximum atomic E-state index is 12.7. The van der Waals surface area contributed by atoms with Crippen LogP contribution in [0.2, 0.25) is 0 Å². The number of hydrogen-bond donors (Lipinski definition) is 3. The van der Waals surface area contributed by atoms with E-state index in [4.69, 9.17) is 9.15 Å². The van der Waals surface area contributed by atoms with Gasteiger partial charge in [-0.3, -0.25) is 4.79 Å². The van der Waals surface area contributed by atoms with E-state index in [1.165, 1.54) is 0 Å². The Balaban J connectivity index is 1.80. The SMILES string of the molecule is COc1ccc(C[C@H](Nc2nc3ccc(CNC(=O)CN(C)C)c(C)c3c(=O)o2)C(=O)O)cc1. The summed E-state index contributed by atoms with van der Waals surface area (Å²) in [6.45, 7) is 2.27. The van der Waals surface area contributed by atoms with Crippen LogP contribution in [0.15, 0.2) is 45.6 Å². The number of carbonyl (C=O) groups is 2. The standard InChI is InChI=1S/C24H28N4O6/c1-14-16(12-25-20(29)13-28(2)3)7-10-18-21(14)23(32)34-24(26-18)27-19(22(30)31)11-15-5-8-17(33-4)9-6-15/h5-10,19H,11-13H2,1-4H3,(H,25,29)(H,26,27)(H,30,31)/t19-/m0/s1. The molecule has 0 aliphatic carbocycles. The first kappa shape index (κ1) is 24.7. The molecule has 0 radical (unpaired) electrons. The number of aliphatic carboxylic acids is 1. The Kier molecular flexibility index (Phi) is 7.85. The van der Waals surface area contributed by atoms with Crippen LogP contribution in [-0.4, -0.2) is 60.7 Å². The Labute approximate surface area is 196 Å². The lowest BCUT2D eigenvalue weighted by molar-refractivity contribution is -0.138. The molecule has 10 heteroatoms. The predicted molar refractivity (Wildman–Crippen MR) is 127 cm³/mol. The van der Waals surface area contributed by atoms with Gasteiger partial charge in [-0.2, -0.15) is 4.98 Å². The molecule has 0 spiro atoms. The quantitative estimate of drug-likeness (QED) is 0.407. The number of anilines is 1. The molecule has 1 amide bonds. The van der Waals surface area contributed by atoms with E-state index in [1.54, 1.807) is 69.4 Å². The number of methoxy groups -OCH3 is 1. The van der Waals surface area contributed by atoms with Crippen molar-refractivity contribution in [1.82, 2.24) is 15.2 Å². The minimum absolute atomic E-state index is 0.134. The Morgan fingerprint density at radius 1 is 1.18 bits per heavy atom. The van der Waals surface area contributed by atoms with Crippen molar-refractivity contribution in [3.8, 4) is 5.75 Å². The van der Waals surface area contributed by atoms with Crippen LogP contribution >= 0.6 is 0 Å². The number of nitrogens with zero attached hydrogens (tertiary/aromatic N) is 2. The molecule has 0 fully saturated rings. The third kappa shape index (κ3) is 6.10. The number of rotatable bonds is 10. The first-order valence-corrected chi connectivity index (χ1v) is 10.6. The summed E-state index contributed by atoms with van der Waals surface area (Å²) in [5.41, 5.74) is 1.90. The van der Waals surface area contributed by atoms with Crippen molar-refractivity contribution in [2.75, 3.05) is 33.1 Å². The average molecular weight is 469 g/mol. The second kappa shape index (κ2) is 10.8. The highest BCUT2D eigenvalue weighted by molar-refractivity contribution is 5.84. The molecule has 0 unspecified atom stereocenters. The van der Waals surface area contributed by atoms with Crippen LogP contribution in [0.25, 0.3) is 10.9 Å². The molecule has 1 heterocycles. The Morgan fingerprint density at radius 3 is 2.50 bits per heavy atom. The Bertz CT molecular complexity index is 1240. The molecule has 3 aromatic rings. The van der Waals surface area contributed by atoms with Crippen LogP contribution in [0.5, 0.6) is 5.75 Å². The molecular weight excluding hydrogens is 440 g/mol. The highest BCUT2D eigenvalue weighted by Gasteiger charge is 2.21. The number of carboxylic acid groups (broad SMARTS) is 1. The summed E-state index contributed by atoms with van der Waals surface area (Å²) in [5, 5.41) is 15.5. The number of amides is 1. The Hall–Kier alpha value is -3.92. The molecule has 1 aromatic heterocycles. The molecule has 0 aliphatic rings. The van der Waals surface area contributed by atoms with E-state index >= 15 is 0 Å². The number of likely N-dealkylation sites (N-methyl/N-ethyl adjacent to an activating group) is 1. The maximum absolute atomic E-state index is 12.7. The summed E-state index contributed by atoms with van der Waals surface area (Å²) in [6.07, 6.45) is 0.146. The normalized spacial score (nSPS) is 11.9. The van der Waals surface area contributed by atoms with Gasteiger partial charge in [0.1, 0.15) is 11.8 Å². The number of fused-ring (bicyclic) bond motifs is 1. The third-order valence-corrected chi connectivity index (χ3v) is 5.30. The monoisotopic (exact) mass is 468 g/mol. The number of carbonyl (C=O) groups excluding carboxylic acids is 1. The van der Waals surface area contributed by atoms with Gasteiger partial charge in [0.05, 0.1) is 24.6 Å². The van der Waals surface area contributed by atoms with E-state index < -0.39 is 17.6 Å². The van der Waals surface area contributed by atoms with E-state index in [0.29, 0.717) is 16.8 Å². The molecule has 0 saturated heterocycles. The molecule has 10 nitrogen and oxygen atoms in total. The fourth-order valence-electron chi connectivity index (χ4n) is 3.50. The molecule has 0 saturated carbocycles. The van der Waals surface area contributed by atoms with Crippen LogP contribution in [0.4, 0.5) is 6.01 Å². The zero-order valence-electron chi connectivity index (χ0n) is 19.5. The van der Waals surface area contributed by atoms with Crippen molar-refractivity contribution in [2.24, 2.45) is 0 Å². The Morgan fingerprint density at radius 2 is 1.88 bits per heavy atom. The van der Waals surface area contributed by atoms with E-state index in [1.807, 2.05) is 0 Å². The van der Waals surface area contributed by atoms with Crippen molar-refractivity contribution in [3.05, 3.63) is 63.5 Å². The van der Waals surface area contributed by atoms with E-state index in [0.717, 1.165) is 11.1 Å². The summed E-state index contributed by atoms with van der Waals surface area (Å²) in [5.74, 6) is -0.580. The van der Waals surface area contributed by atoms with Gasteiger partial charge in [-0.25, -0.2) is 9.59 Å². The lowest BCUT2D eigenvalue weighted by Gasteiger charge is -2.15.